The molecule has 43 heavy (non-hydrogen) atoms. The lowest BCUT2D eigenvalue weighted by molar-refractivity contribution is -0.202. The van der Waals surface area contributed by atoms with E-state index in [4.69, 9.17) is 4.74 Å². The van der Waals surface area contributed by atoms with Crippen molar-refractivity contribution in [3.8, 4) is 5.75 Å². The van der Waals surface area contributed by atoms with Crippen molar-refractivity contribution in [3.05, 3.63) is 53.1 Å². The lowest BCUT2D eigenvalue weighted by atomic mass is 9.77. The van der Waals surface area contributed by atoms with Gasteiger partial charge in [0, 0.05) is 42.8 Å². The standard InChI is InChI=1S/C26H27F7N4O5S/c1-43(40,41)36-23(39)21-17(20-8-10-37(35-20)14-15-4-2-5-15)13-24(26(31,32)33,34-22(21)38)18-7-6-16(12-19(18)27)42-11-3-9-25(28,29)30/h6-8,10,12,15H,2-5,9,11,13-14H2,1H3,(H,34,38)(H,36,39)/t24-/m0/s1. The minimum Gasteiger partial charge on any atom is -0.493 e. The predicted octanol–water partition coefficient (Wildman–Crippen LogP) is 4.35. The van der Waals surface area contributed by atoms with E-state index in [2.05, 4.69) is 5.10 Å². The molecule has 2 aromatic rings. The van der Waals surface area contributed by atoms with Crippen molar-refractivity contribution in [3.63, 3.8) is 0 Å². The first kappa shape index (κ1) is 32.3. The van der Waals surface area contributed by atoms with E-state index in [9.17, 15) is 44.3 Å². The van der Waals surface area contributed by atoms with Crippen LogP contribution >= 0.6 is 0 Å². The van der Waals surface area contributed by atoms with Crippen LogP contribution in [0.4, 0.5) is 30.7 Å². The van der Waals surface area contributed by atoms with Gasteiger partial charge in [0.2, 0.25) is 10.0 Å². The maximum Gasteiger partial charge on any atom is 0.416 e. The van der Waals surface area contributed by atoms with Crippen LogP contribution in [0.2, 0.25) is 0 Å². The first-order valence-electron chi connectivity index (χ1n) is 13.1. The van der Waals surface area contributed by atoms with Crippen LogP contribution in [-0.4, -0.2) is 55.2 Å². The van der Waals surface area contributed by atoms with Gasteiger partial charge in [-0.05, 0) is 43.4 Å². The van der Waals surface area contributed by atoms with Gasteiger partial charge in [-0.2, -0.15) is 31.4 Å². The fraction of sp³-hybridized carbons (Fsp3) is 0.500. The van der Waals surface area contributed by atoms with Crippen LogP contribution in [0, 0.1) is 11.7 Å². The maximum absolute atomic E-state index is 15.3. The Kier molecular flexibility index (Phi) is 8.86. The van der Waals surface area contributed by atoms with Gasteiger partial charge in [0.25, 0.3) is 11.8 Å². The number of benzene rings is 1. The van der Waals surface area contributed by atoms with Crippen molar-refractivity contribution in [2.75, 3.05) is 12.9 Å². The Bertz CT molecular complexity index is 1530. The fourth-order valence-electron chi connectivity index (χ4n) is 4.91. The SMILES string of the molecule is CS(=O)(=O)NC(=O)C1=C(c2ccn(CC3CCC3)n2)C[C@](c2ccc(OCCCC(F)(F)F)cc2F)(C(F)(F)F)NC1=O. The molecule has 0 saturated heterocycles. The molecular formula is C26H27F7N4O5S. The summed E-state index contributed by atoms with van der Waals surface area (Å²) < 4.78 is 128. The van der Waals surface area contributed by atoms with Gasteiger partial charge in [0.05, 0.1) is 18.6 Å². The highest BCUT2D eigenvalue weighted by atomic mass is 32.2. The van der Waals surface area contributed by atoms with Gasteiger partial charge < -0.3 is 10.1 Å². The number of sulfonamides is 1. The second kappa shape index (κ2) is 11.8. The minimum absolute atomic E-state index is 0.216. The van der Waals surface area contributed by atoms with E-state index >= 15 is 4.39 Å². The predicted molar refractivity (Wildman–Crippen MR) is 137 cm³/mol. The largest absolute Gasteiger partial charge is 0.493 e. The van der Waals surface area contributed by atoms with Crippen LogP contribution in [0.3, 0.4) is 0 Å². The highest BCUT2D eigenvalue weighted by molar-refractivity contribution is 7.89. The minimum atomic E-state index is -5.36. The van der Waals surface area contributed by atoms with Crippen molar-refractivity contribution in [1.82, 2.24) is 19.8 Å². The van der Waals surface area contributed by atoms with Crippen LogP contribution in [0.5, 0.6) is 5.75 Å². The summed E-state index contributed by atoms with van der Waals surface area (Å²) in [6, 6.07) is 3.41. The molecule has 2 aliphatic rings. The second-order valence-corrected chi connectivity index (χ2v) is 12.3. The number of rotatable bonds is 10. The Morgan fingerprint density at radius 2 is 1.88 bits per heavy atom. The molecule has 2 N–H and O–H groups in total. The number of ether oxygens (including phenoxy) is 1. The van der Waals surface area contributed by atoms with Gasteiger partial charge >= 0.3 is 12.4 Å². The number of alkyl halides is 6. The van der Waals surface area contributed by atoms with Crippen molar-refractivity contribution in [2.45, 2.75) is 63.0 Å². The number of hydrogen-bond acceptors (Lipinski definition) is 6. The first-order chi connectivity index (χ1) is 19.9. The van der Waals surface area contributed by atoms with Crippen LogP contribution in [0.25, 0.3) is 5.57 Å². The quantitative estimate of drug-likeness (QED) is 0.227. The molecule has 9 nitrogen and oxygen atoms in total. The zero-order valence-corrected chi connectivity index (χ0v) is 23.4. The third-order valence-corrected chi connectivity index (χ3v) is 7.74. The number of nitrogens with zero attached hydrogens (tertiary/aromatic N) is 2. The summed E-state index contributed by atoms with van der Waals surface area (Å²) in [5.74, 6) is -4.68. The average molecular weight is 641 g/mol. The molecule has 4 rings (SSSR count). The highest BCUT2D eigenvalue weighted by Gasteiger charge is 2.61. The Morgan fingerprint density at radius 3 is 2.44 bits per heavy atom. The lowest BCUT2D eigenvalue weighted by Gasteiger charge is -2.41. The molecule has 1 aromatic heterocycles. The van der Waals surface area contributed by atoms with Gasteiger partial charge in [-0.3, -0.25) is 14.3 Å². The third-order valence-electron chi connectivity index (χ3n) is 7.18. The Balaban J connectivity index is 1.74. The van der Waals surface area contributed by atoms with Crippen LogP contribution in [-0.2, 0) is 31.7 Å². The summed E-state index contributed by atoms with van der Waals surface area (Å²) in [6.07, 6.45) is -7.81. The molecule has 1 saturated carbocycles. The normalized spacial score (nSPS) is 20.0. The van der Waals surface area contributed by atoms with Gasteiger partial charge in [0.1, 0.15) is 17.1 Å². The maximum atomic E-state index is 15.3. The lowest BCUT2D eigenvalue weighted by Crippen LogP contribution is -2.60. The van der Waals surface area contributed by atoms with Crippen molar-refractivity contribution in [1.29, 1.82) is 0 Å². The number of hydrogen-bond donors (Lipinski definition) is 2. The summed E-state index contributed by atoms with van der Waals surface area (Å²) in [7, 11) is -4.24. The fourth-order valence-corrected chi connectivity index (χ4v) is 5.35. The zero-order valence-electron chi connectivity index (χ0n) is 22.6. The number of nitrogens with one attached hydrogen (secondary N) is 2. The smallest absolute Gasteiger partial charge is 0.416 e. The van der Waals surface area contributed by atoms with E-state index in [-0.39, 0.29) is 17.4 Å². The third kappa shape index (κ3) is 7.48. The number of aromatic nitrogens is 2. The monoisotopic (exact) mass is 640 g/mol. The van der Waals surface area contributed by atoms with Gasteiger partial charge in [-0.15, -0.1) is 0 Å². The van der Waals surface area contributed by atoms with Gasteiger partial charge in [-0.25, -0.2) is 17.5 Å². The summed E-state index contributed by atoms with van der Waals surface area (Å²) in [6.45, 7) is -0.0670. The summed E-state index contributed by atoms with van der Waals surface area (Å²) in [5, 5.41) is 5.92. The first-order valence-corrected chi connectivity index (χ1v) is 15.0. The van der Waals surface area contributed by atoms with Crippen molar-refractivity contribution < 1.29 is 53.5 Å². The van der Waals surface area contributed by atoms with E-state index < -0.39 is 88.1 Å². The molecule has 2 heterocycles. The summed E-state index contributed by atoms with van der Waals surface area (Å²) in [5.41, 5.74) is -6.23. The average Bonchev–Trinajstić information content (AvgIpc) is 3.30. The van der Waals surface area contributed by atoms with Crippen LogP contribution in [0.1, 0.15) is 49.8 Å². The molecule has 0 spiro atoms. The van der Waals surface area contributed by atoms with E-state index in [1.807, 2.05) is 0 Å². The number of amides is 2. The molecule has 1 aromatic carbocycles. The van der Waals surface area contributed by atoms with Crippen molar-refractivity contribution in [2.24, 2.45) is 5.92 Å². The molecule has 0 radical (unpaired) electrons. The molecule has 17 heteroatoms. The van der Waals surface area contributed by atoms with Crippen LogP contribution in [0.15, 0.2) is 36.0 Å². The number of halogens is 7. The van der Waals surface area contributed by atoms with E-state index in [1.165, 1.54) is 16.9 Å². The van der Waals surface area contributed by atoms with Crippen molar-refractivity contribution >= 4 is 27.4 Å². The molecule has 1 aliphatic heterocycles. The second-order valence-electron chi connectivity index (χ2n) is 10.5. The number of carbonyl (C=O) groups excluding carboxylic acids is 2. The summed E-state index contributed by atoms with van der Waals surface area (Å²) in [4.78, 5) is 26.1. The molecule has 236 valence electrons. The van der Waals surface area contributed by atoms with E-state index in [0.29, 0.717) is 24.9 Å². The molecular weight excluding hydrogens is 613 g/mol. The Morgan fingerprint density at radius 1 is 1.19 bits per heavy atom. The molecule has 1 fully saturated rings. The zero-order chi connectivity index (χ0) is 31.8. The summed E-state index contributed by atoms with van der Waals surface area (Å²) >= 11 is 0. The molecule has 0 unspecified atom stereocenters. The molecule has 1 atom stereocenters. The number of carbonyl (C=O) groups is 2. The Hall–Kier alpha value is -3.63. The van der Waals surface area contributed by atoms with E-state index in [0.717, 1.165) is 25.3 Å². The van der Waals surface area contributed by atoms with Gasteiger partial charge in [-0.1, -0.05) is 6.42 Å². The molecule has 0 bridgehead atoms. The van der Waals surface area contributed by atoms with Gasteiger partial charge in [0.15, 0.2) is 5.54 Å². The molecule has 1 aliphatic carbocycles. The topological polar surface area (TPSA) is 119 Å². The van der Waals surface area contributed by atoms with E-state index in [1.54, 1.807) is 10.0 Å². The Labute approximate surface area is 241 Å². The van der Waals surface area contributed by atoms with Crippen LogP contribution < -0.4 is 14.8 Å². The highest BCUT2D eigenvalue weighted by Crippen LogP contribution is 2.49. The molecule has 2 amide bonds.